The van der Waals surface area contributed by atoms with Crippen molar-refractivity contribution in [3.8, 4) is 0 Å². The van der Waals surface area contributed by atoms with E-state index < -0.39 is 12.0 Å². The van der Waals surface area contributed by atoms with E-state index in [2.05, 4.69) is 22.8 Å². The van der Waals surface area contributed by atoms with Crippen LogP contribution in [0.5, 0.6) is 0 Å². The molecule has 1 unspecified atom stereocenters. The Bertz CT molecular complexity index is 632. The molecule has 1 atom stereocenters. The smallest absolute Gasteiger partial charge is 0.325 e. The second-order valence-corrected chi connectivity index (χ2v) is 6.31. The molecule has 5 heteroatoms. The average molecular weight is 304 g/mol. The van der Waals surface area contributed by atoms with Crippen molar-refractivity contribution in [2.45, 2.75) is 13.0 Å². The number of hydrogen-bond acceptors (Lipinski definition) is 4. The number of nitrogens with zero attached hydrogens (tertiary/aromatic N) is 2. The predicted molar refractivity (Wildman–Crippen MR) is 85.9 cm³/mol. The largest absolute Gasteiger partial charge is 0.480 e. The number of carbonyl (C=O) groups is 1. The Kier molecular flexibility index (Phi) is 4.24. The number of benzene rings is 1. The minimum Gasteiger partial charge on any atom is -0.480 e. The minimum absolute atomic E-state index is 0.536. The second kappa shape index (κ2) is 6.13. The van der Waals surface area contributed by atoms with E-state index in [0.717, 1.165) is 48.4 Å². The van der Waals surface area contributed by atoms with Gasteiger partial charge in [0, 0.05) is 30.9 Å². The van der Waals surface area contributed by atoms with Crippen LogP contribution in [0.3, 0.4) is 0 Å². The van der Waals surface area contributed by atoms with Gasteiger partial charge in [-0.3, -0.25) is 9.69 Å². The van der Waals surface area contributed by atoms with Gasteiger partial charge in [-0.15, -0.1) is 11.3 Å². The Morgan fingerprint density at radius 2 is 2.05 bits per heavy atom. The van der Waals surface area contributed by atoms with E-state index in [1.165, 1.54) is 0 Å². The molecular formula is C16H20N2O2S. The summed E-state index contributed by atoms with van der Waals surface area (Å²) in [6.45, 7) is 6.70. The molecule has 1 fully saturated rings. The second-order valence-electron chi connectivity index (χ2n) is 5.40. The molecule has 2 aromatic rings. The molecule has 1 aliphatic rings. The first-order valence-electron chi connectivity index (χ1n) is 7.36. The highest BCUT2D eigenvalue weighted by molar-refractivity contribution is 7.17. The standard InChI is InChI=1S/C16H20N2O2S/c1-2-17-7-9-18(10-8-17)14(16(19)20)13-5-3-4-12-6-11-21-15(12)13/h3-6,11,14H,2,7-10H2,1H3,(H,19,20). The van der Waals surface area contributed by atoms with Crippen LogP contribution < -0.4 is 0 Å². The molecule has 0 radical (unpaired) electrons. The lowest BCUT2D eigenvalue weighted by Crippen LogP contribution is -2.49. The molecular weight excluding hydrogens is 284 g/mol. The number of hydrogen-bond donors (Lipinski definition) is 1. The fourth-order valence-electron chi connectivity index (χ4n) is 3.06. The van der Waals surface area contributed by atoms with E-state index in [1.807, 2.05) is 23.6 Å². The van der Waals surface area contributed by atoms with Gasteiger partial charge < -0.3 is 10.0 Å². The van der Waals surface area contributed by atoms with E-state index in [1.54, 1.807) is 11.3 Å². The van der Waals surface area contributed by atoms with Crippen LogP contribution in [0.4, 0.5) is 0 Å². The van der Waals surface area contributed by atoms with Crippen molar-refractivity contribution in [3.05, 3.63) is 35.2 Å². The molecule has 1 aliphatic heterocycles. The third-order valence-electron chi connectivity index (χ3n) is 4.26. The Labute approximate surface area is 128 Å². The topological polar surface area (TPSA) is 43.8 Å². The molecule has 112 valence electrons. The molecule has 0 saturated carbocycles. The summed E-state index contributed by atoms with van der Waals surface area (Å²) in [7, 11) is 0. The van der Waals surface area contributed by atoms with Gasteiger partial charge in [0.2, 0.25) is 0 Å². The lowest BCUT2D eigenvalue weighted by molar-refractivity contribution is -0.144. The van der Waals surface area contributed by atoms with Crippen LogP contribution in [0.1, 0.15) is 18.5 Å². The van der Waals surface area contributed by atoms with Crippen molar-refractivity contribution in [1.29, 1.82) is 0 Å². The summed E-state index contributed by atoms with van der Waals surface area (Å²) in [5, 5.41) is 12.9. The van der Waals surface area contributed by atoms with Gasteiger partial charge in [-0.1, -0.05) is 25.1 Å². The first-order chi connectivity index (χ1) is 10.2. The van der Waals surface area contributed by atoms with Gasteiger partial charge in [0.25, 0.3) is 0 Å². The number of aliphatic carboxylic acids is 1. The Hall–Kier alpha value is -1.43. The van der Waals surface area contributed by atoms with Crippen molar-refractivity contribution >= 4 is 27.4 Å². The third kappa shape index (κ3) is 2.81. The molecule has 2 heterocycles. The number of likely N-dealkylation sites (N-methyl/N-ethyl adjacent to an activating group) is 1. The van der Waals surface area contributed by atoms with E-state index in [0.29, 0.717) is 0 Å². The number of fused-ring (bicyclic) bond motifs is 1. The van der Waals surface area contributed by atoms with E-state index in [-0.39, 0.29) is 0 Å². The highest BCUT2D eigenvalue weighted by Crippen LogP contribution is 2.32. The molecule has 1 saturated heterocycles. The maximum Gasteiger partial charge on any atom is 0.325 e. The number of thiophene rings is 1. The molecule has 1 aromatic carbocycles. The van der Waals surface area contributed by atoms with E-state index in [9.17, 15) is 9.90 Å². The van der Waals surface area contributed by atoms with Gasteiger partial charge >= 0.3 is 5.97 Å². The number of carboxylic acids is 1. The van der Waals surface area contributed by atoms with Crippen LogP contribution in [-0.2, 0) is 4.79 Å². The third-order valence-corrected chi connectivity index (χ3v) is 5.24. The van der Waals surface area contributed by atoms with E-state index >= 15 is 0 Å². The summed E-state index contributed by atoms with van der Waals surface area (Å²) in [4.78, 5) is 16.3. The highest BCUT2D eigenvalue weighted by Gasteiger charge is 2.31. The zero-order valence-corrected chi connectivity index (χ0v) is 13.0. The molecule has 0 bridgehead atoms. The lowest BCUT2D eigenvalue weighted by Gasteiger charge is -2.37. The fraction of sp³-hybridized carbons (Fsp3) is 0.438. The van der Waals surface area contributed by atoms with Gasteiger partial charge in [-0.25, -0.2) is 0 Å². The highest BCUT2D eigenvalue weighted by atomic mass is 32.1. The molecule has 0 amide bonds. The van der Waals surface area contributed by atoms with Gasteiger partial charge in [0.1, 0.15) is 6.04 Å². The van der Waals surface area contributed by atoms with Crippen molar-refractivity contribution in [2.75, 3.05) is 32.7 Å². The summed E-state index contributed by atoms with van der Waals surface area (Å²) in [6.07, 6.45) is 0. The normalized spacial score (nSPS) is 18.9. The minimum atomic E-state index is -0.749. The molecule has 21 heavy (non-hydrogen) atoms. The average Bonchev–Trinajstić information content (AvgIpc) is 2.97. The first kappa shape index (κ1) is 14.5. The maximum atomic E-state index is 11.9. The molecule has 1 aromatic heterocycles. The summed E-state index contributed by atoms with van der Waals surface area (Å²) < 4.78 is 1.10. The monoisotopic (exact) mass is 304 g/mol. The van der Waals surface area contributed by atoms with Crippen LogP contribution in [0, 0.1) is 0 Å². The predicted octanol–water partition coefficient (Wildman–Crippen LogP) is 2.66. The summed E-state index contributed by atoms with van der Waals surface area (Å²) in [5.74, 6) is -0.749. The van der Waals surface area contributed by atoms with Crippen LogP contribution >= 0.6 is 11.3 Å². The van der Waals surface area contributed by atoms with Crippen molar-refractivity contribution in [2.24, 2.45) is 0 Å². The maximum absolute atomic E-state index is 11.9. The molecule has 3 rings (SSSR count). The quantitative estimate of drug-likeness (QED) is 0.943. The summed E-state index contributed by atoms with van der Waals surface area (Å²) in [6, 6.07) is 7.49. The van der Waals surface area contributed by atoms with E-state index in [4.69, 9.17) is 0 Å². The SMILES string of the molecule is CCN1CCN(C(C(=O)O)c2cccc3ccsc23)CC1. The van der Waals surface area contributed by atoms with Crippen LogP contribution in [0.2, 0.25) is 0 Å². The number of carboxylic acid groups (broad SMARTS) is 1. The zero-order valence-electron chi connectivity index (χ0n) is 12.2. The summed E-state index contributed by atoms with van der Waals surface area (Å²) >= 11 is 1.63. The molecule has 1 N–H and O–H groups in total. The van der Waals surface area contributed by atoms with Gasteiger partial charge in [0.15, 0.2) is 0 Å². The van der Waals surface area contributed by atoms with Crippen LogP contribution in [0.25, 0.3) is 10.1 Å². The Morgan fingerprint density at radius 3 is 2.71 bits per heavy atom. The number of piperazine rings is 1. The zero-order chi connectivity index (χ0) is 14.8. The van der Waals surface area contributed by atoms with Gasteiger partial charge in [-0.05, 0) is 28.9 Å². The summed E-state index contributed by atoms with van der Waals surface area (Å²) in [5.41, 5.74) is 0.931. The van der Waals surface area contributed by atoms with Crippen LogP contribution in [0.15, 0.2) is 29.6 Å². The first-order valence-corrected chi connectivity index (χ1v) is 8.24. The van der Waals surface area contributed by atoms with Gasteiger partial charge in [0.05, 0.1) is 0 Å². The molecule has 0 spiro atoms. The Morgan fingerprint density at radius 1 is 1.29 bits per heavy atom. The van der Waals surface area contributed by atoms with Crippen molar-refractivity contribution in [1.82, 2.24) is 9.80 Å². The van der Waals surface area contributed by atoms with Crippen molar-refractivity contribution in [3.63, 3.8) is 0 Å². The van der Waals surface area contributed by atoms with Crippen molar-refractivity contribution < 1.29 is 9.90 Å². The van der Waals surface area contributed by atoms with Crippen LogP contribution in [-0.4, -0.2) is 53.6 Å². The molecule has 0 aliphatic carbocycles. The van der Waals surface area contributed by atoms with Gasteiger partial charge in [-0.2, -0.15) is 0 Å². The lowest BCUT2D eigenvalue weighted by atomic mass is 10.0. The molecule has 4 nitrogen and oxygen atoms in total. The Balaban J connectivity index is 1.92. The fourth-order valence-corrected chi connectivity index (χ4v) is 3.99. The number of rotatable bonds is 4.